The highest BCUT2D eigenvalue weighted by molar-refractivity contribution is 9.10. The summed E-state index contributed by atoms with van der Waals surface area (Å²) in [5.74, 6) is -0.796. The van der Waals surface area contributed by atoms with Crippen molar-refractivity contribution in [1.82, 2.24) is 9.78 Å². The average Bonchev–Trinajstić information content (AvgIpc) is 2.90. The van der Waals surface area contributed by atoms with Crippen molar-refractivity contribution in [3.05, 3.63) is 52.6 Å². The van der Waals surface area contributed by atoms with Crippen LogP contribution in [-0.2, 0) is 4.74 Å². The Bertz CT molecular complexity index is 936. The Labute approximate surface area is 148 Å². The molecule has 0 saturated heterocycles. The van der Waals surface area contributed by atoms with Gasteiger partial charge in [0.05, 0.1) is 23.9 Å². The predicted molar refractivity (Wildman–Crippen MR) is 86.8 cm³/mol. The molecule has 0 radical (unpaired) electrons. The van der Waals surface area contributed by atoms with Gasteiger partial charge < -0.3 is 9.47 Å². The number of nitrogens with zero attached hydrogens (tertiary/aromatic N) is 2. The fourth-order valence-corrected chi connectivity index (χ4v) is 2.79. The van der Waals surface area contributed by atoms with Gasteiger partial charge in [-0.3, -0.25) is 0 Å². The van der Waals surface area contributed by atoms with E-state index in [0.717, 1.165) is 0 Å². The van der Waals surface area contributed by atoms with Crippen LogP contribution in [0, 0.1) is 0 Å². The van der Waals surface area contributed by atoms with Crippen LogP contribution in [0.15, 0.2) is 47.1 Å². The van der Waals surface area contributed by atoms with Gasteiger partial charge in [-0.15, -0.1) is 13.2 Å². The number of alkyl halides is 3. The molecule has 0 atom stereocenters. The number of carbonyl (C=O) groups is 1. The minimum atomic E-state index is -4.74. The number of aromatic nitrogens is 2. The number of rotatable bonds is 3. The molecular formula is C16H10BrF3N2O3. The molecule has 3 rings (SSSR count). The minimum absolute atomic E-state index is 0.320. The molecule has 130 valence electrons. The smallest absolute Gasteiger partial charge is 0.465 e. The van der Waals surface area contributed by atoms with E-state index >= 15 is 0 Å². The van der Waals surface area contributed by atoms with Crippen LogP contribution in [0.25, 0.3) is 16.6 Å². The third kappa shape index (κ3) is 3.60. The van der Waals surface area contributed by atoms with E-state index < -0.39 is 12.3 Å². The van der Waals surface area contributed by atoms with Crippen molar-refractivity contribution in [3.63, 3.8) is 0 Å². The Kier molecular flexibility index (Phi) is 4.42. The topological polar surface area (TPSA) is 53.3 Å². The van der Waals surface area contributed by atoms with Gasteiger partial charge in [0, 0.05) is 5.39 Å². The zero-order chi connectivity index (χ0) is 18.2. The molecule has 0 spiro atoms. The molecule has 0 N–H and O–H groups in total. The van der Waals surface area contributed by atoms with Gasteiger partial charge in [-0.25, -0.2) is 9.48 Å². The molecular weight excluding hydrogens is 405 g/mol. The maximum absolute atomic E-state index is 12.2. The van der Waals surface area contributed by atoms with E-state index in [-0.39, 0.29) is 5.75 Å². The first kappa shape index (κ1) is 17.3. The normalized spacial score (nSPS) is 11.6. The number of hydrogen-bond donors (Lipinski definition) is 0. The van der Waals surface area contributed by atoms with Gasteiger partial charge in [0.1, 0.15) is 10.4 Å². The van der Waals surface area contributed by atoms with Gasteiger partial charge in [-0.2, -0.15) is 5.10 Å². The van der Waals surface area contributed by atoms with Crippen molar-refractivity contribution in [3.8, 4) is 11.4 Å². The SMILES string of the molecule is COC(=O)c1ccc2c(c1)c(Br)nn2-c1ccc(OC(F)(F)F)cc1. The van der Waals surface area contributed by atoms with Crippen molar-refractivity contribution in [2.75, 3.05) is 7.11 Å². The molecule has 1 aromatic heterocycles. The molecule has 1 heterocycles. The second kappa shape index (κ2) is 6.40. The van der Waals surface area contributed by atoms with Crippen LogP contribution < -0.4 is 4.74 Å². The number of ether oxygens (including phenoxy) is 2. The Balaban J connectivity index is 2.00. The third-order valence-corrected chi connectivity index (χ3v) is 3.96. The van der Waals surface area contributed by atoms with Crippen molar-refractivity contribution < 1.29 is 27.4 Å². The minimum Gasteiger partial charge on any atom is -0.465 e. The summed E-state index contributed by atoms with van der Waals surface area (Å²) < 4.78 is 47.2. The quantitative estimate of drug-likeness (QED) is 0.593. The first-order valence-electron chi connectivity index (χ1n) is 6.91. The van der Waals surface area contributed by atoms with Crippen LogP contribution in [0.2, 0.25) is 0 Å². The molecule has 0 aliphatic carbocycles. The van der Waals surface area contributed by atoms with Gasteiger partial charge in [-0.1, -0.05) is 0 Å². The maximum Gasteiger partial charge on any atom is 0.573 e. The Hall–Kier alpha value is -2.55. The lowest BCUT2D eigenvalue weighted by atomic mass is 10.1. The number of carbonyl (C=O) groups excluding carboxylic acids is 1. The first-order valence-corrected chi connectivity index (χ1v) is 7.70. The molecule has 25 heavy (non-hydrogen) atoms. The Morgan fingerprint density at radius 1 is 1.16 bits per heavy atom. The number of esters is 1. The number of benzene rings is 2. The zero-order valence-corrected chi connectivity index (χ0v) is 14.3. The molecule has 5 nitrogen and oxygen atoms in total. The maximum atomic E-state index is 12.2. The molecule has 3 aromatic rings. The third-order valence-electron chi connectivity index (χ3n) is 3.37. The van der Waals surface area contributed by atoms with Gasteiger partial charge in [0.25, 0.3) is 0 Å². The largest absolute Gasteiger partial charge is 0.573 e. The van der Waals surface area contributed by atoms with Gasteiger partial charge >= 0.3 is 12.3 Å². The van der Waals surface area contributed by atoms with Crippen LogP contribution in [0.1, 0.15) is 10.4 Å². The number of methoxy groups -OCH3 is 1. The molecule has 0 amide bonds. The highest BCUT2D eigenvalue weighted by Crippen LogP contribution is 2.29. The van der Waals surface area contributed by atoms with Crippen molar-refractivity contribution in [1.29, 1.82) is 0 Å². The summed E-state index contributed by atoms with van der Waals surface area (Å²) >= 11 is 3.32. The van der Waals surface area contributed by atoms with E-state index in [4.69, 9.17) is 0 Å². The van der Waals surface area contributed by atoms with E-state index in [2.05, 4.69) is 30.5 Å². The summed E-state index contributed by atoms with van der Waals surface area (Å²) in [5, 5.41) is 4.97. The molecule has 0 aliphatic rings. The highest BCUT2D eigenvalue weighted by Gasteiger charge is 2.31. The second-order valence-corrected chi connectivity index (χ2v) is 5.72. The standard InChI is InChI=1S/C16H10BrF3N2O3/c1-24-15(23)9-2-7-13-12(8-9)14(17)21-22(13)10-3-5-11(6-4-10)25-16(18,19)20/h2-8H,1H3. The fourth-order valence-electron chi connectivity index (χ4n) is 2.31. The summed E-state index contributed by atoms with van der Waals surface area (Å²) in [6.45, 7) is 0. The molecule has 0 bridgehead atoms. The summed E-state index contributed by atoms with van der Waals surface area (Å²) in [6.07, 6.45) is -4.74. The lowest BCUT2D eigenvalue weighted by Gasteiger charge is -2.09. The monoisotopic (exact) mass is 414 g/mol. The van der Waals surface area contributed by atoms with Gasteiger partial charge in [0.15, 0.2) is 0 Å². The average molecular weight is 415 g/mol. The van der Waals surface area contributed by atoms with Gasteiger partial charge in [-0.05, 0) is 58.4 Å². The molecule has 9 heteroatoms. The van der Waals surface area contributed by atoms with Crippen molar-refractivity contribution in [2.45, 2.75) is 6.36 Å². The van der Waals surface area contributed by atoms with E-state index in [1.165, 1.54) is 36.1 Å². The molecule has 0 unspecified atom stereocenters. The zero-order valence-electron chi connectivity index (χ0n) is 12.7. The fraction of sp³-hybridized carbons (Fsp3) is 0.125. The Morgan fingerprint density at radius 3 is 2.44 bits per heavy atom. The summed E-state index contributed by atoms with van der Waals surface area (Å²) in [4.78, 5) is 11.6. The van der Waals surface area contributed by atoms with Crippen LogP contribution >= 0.6 is 15.9 Å². The van der Waals surface area contributed by atoms with E-state index in [0.29, 0.717) is 26.8 Å². The van der Waals surface area contributed by atoms with Crippen molar-refractivity contribution in [2.24, 2.45) is 0 Å². The number of fused-ring (bicyclic) bond motifs is 1. The van der Waals surface area contributed by atoms with Crippen LogP contribution in [0.5, 0.6) is 5.75 Å². The second-order valence-electron chi connectivity index (χ2n) is 4.97. The molecule has 0 saturated carbocycles. The lowest BCUT2D eigenvalue weighted by molar-refractivity contribution is -0.274. The van der Waals surface area contributed by atoms with E-state index in [1.807, 2.05) is 0 Å². The predicted octanol–water partition coefficient (Wildman–Crippen LogP) is 4.47. The van der Waals surface area contributed by atoms with Gasteiger partial charge in [0.2, 0.25) is 0 Å². The Morgan fingerprint density at radius 2 is 1.84 bits per heavy atom. The van der Waals surface area contributed by atoms with Crippen LogP contribution in [0.3, 0.4) is 0 Å². The molecule has 0 aliphatic heterocycles. The van der Waals surface area contributed by atoms with Crippen molar-refractivity contribution >= 4 is 32.8 Å². The first-order chi connectivity index (χ1) is 11.8. The number of halogens is 4. The lowest BCUT2D eigenvalue weighted by Crippen LogP contribution is -2.17. The van der Waals surface area contributed by atoms with E-state index in [9.17, 15) is 18.0 Å². The molecule has 0 fully saturated rings. The summed E-state index contributed by atoms with van der Waals surface area (Å²) in [5.41, 5.74) is 1.57. The number of hydrogen-bond acceptors (Lipinski definition) is 4. The highest BCUT2D eigenvalue weighted by atomic mass is 79.9. The molecule has 2 aromatic carbocycles. The summed E-state index contributed by atoms with van der Waals surface area (Å²) in [6, 6.07) is 10.2. The van der Waals surface area contributed by atoms with E-state index in [1.54, 1.807) is 18.2 Å². The van der Waals surface area contributed by atoms with Crippen LogP contribution in [-0.4, -0.2) is 29.2 Å². The van der Waals surface area contributed by atoms with Crippen LogP contribution in [0.4, 0.5) is 13.2 Å². The summed E-state index contributed by atoms with van der Waals surface area (Å²) in [7, 11) is 1.29.